The highest BCUT2D eigenvalue weighted by Crippen LogP contribution is 2.49. The third-order valence-corrected chi connectivity index (χ3v) is 4.33. The van der Waals surface area contributed by atoms with E-state index in [9.17, 15) is 4.79 Å². The van der Waals surface area contributed by atoms with Crippen molar-refractivity contribution in [2.45, 2.75) is 18.7 Å². The summed E-state index contributed by atoms with van der Waals surface area (Å²) in [6.45, 7) is 2.62. The molecule has 3 heteroatoms. The molecule has 2 aliphatic rings. The molecule has 1 fully saturated rings. The predicted octanol–water partition coefficient (Wildman–Crippen LogP) is 3.09. The van der Waals surface area contributed by atoms with E-state index in [0.717, 1.165) is 16.7 Å². The van der Waals surface area contributed by atoms with Gasteiger partial charge in [-0.15, -0.1) is 0 Å². The number of benzene rings is 2. The van der Waals surface area contributed by atoms with Gasteiger partial charge >= 0.3 is 0 Å². The van der Waals surface area contributed by atoms with Crippen molar-refractivity contribution in [3.8, 4) is 0 Å². The summed E-state index contributed by atoms with van der Waals surface area (Å²) >= 11 is 0. The molecule has 1 unspecified atom stereocenters. The molecule has 2 aromatic rings. The molecule has 0 spiro atoms. The van der Waals surface area contributed by atoms with Gasteiger partial charge in [0.05, 0.1) is 12.1 Å². The molecule has 2 aliphatic heterocycles. The number of fused-ring (bicyclic) bond motifs is 3. The first-order valence-corrected chi connectivity index (χ1v) is 6.81. The van der Waals surface area contributed by atoms with Crippen LogP contribution in [-0.2, 0) is 10.3 Å². The Morgan fingerprint density at radius 2 is 1.80 bits per heavy atom. The van der Waals surface area contributed by atoms with E-state index in [1.807, 2.05) is 59.5 Å². The van der Waals surface area contributed by atoms with Crippen LogP contribution in [0.5, 0.6) is 0 Å². The summed E-state index contributed by atoms with van der Waals surface area (Å²) in [5.41, 5.74) is 2.55. The highest BCUT2D eigenvalue weighted by Gasteiger charge is 2.54. The monoisotopic (exact) mass is 265 g/mol. The molecule has 2 heterocycles. The molecule has 3 nitrogen and oxygen atoms in total. The largest absolute Gasteiger partial charge is 0.351 e. The summed E-state index contributed by atoms with van der Waals surface area (Å²) in [6, 6.07) is 17.8. The van der Waals surface area contributed by atoms with Crippen molar-refractivity contribution in [1.82, 2.24) is 4.90 Å². The van der Waals surface area contributed by atoms with Crippen molar-refractivity contribution >= 4 is 5.91 Å². The van der Waals surface area contributed by atoms with Gasteiger partial charge in [0.1, 0.15) is 0 Å². The predicted molar refractivity (Wildman–Crippen MR) is 75.1 cm³/mol. The number of nitrogens with zero attached hydrogens (tertiary/aromatic N) is 1. The van der Waals surface area contributed by atoms with E-state index in [4.69, 9.17) is 4.74 Å². The lowest BCUT2D eigenvalue weighted by atomic mass is 9.93. The Kier molecular flexibility index (Phi) is 2.30. The number of amides is 1. The molecular weight excluding hydrogens is 250 g/mol. The maximum atomic E-state index is 12.7. The minimum atomic E-state index is -0.353. The van der Waals surface area contributed by atoms with Crippen molar-refractivity contribution in [3.05, 3.63) is 71.3 Å². The lowest BCUT2D eigenvalue weighted by Crippen LogP contribution is -2.38. The first-order valence-electron chi connectivity index (χ1n) is 6.81. The molecule has 0 aliphatic carbocycles. The fourth-order valence-electron chi connectivity index (χ4n) is 3.31. The highest BCUT2D eigenvalue weighted by atomic mass is 16.5. The first-order chi connectivity index (χ1) is 9.72. The van der Waals surface area contributed by atoms with Gasteiger partial charge in [-0.05, 0) is 18.6 Å². The number of hydrogen-bond acceptors (Lipinski definition) is 2. The van der Waals surface area contributed by atoms with Crippen LogP contribution in [0.25, 0.3) is 0 Å². The molecular formula is C17H15NO2. The molecule has 0 N–H and O–H groups in total. The molecule has 1 saturated heterocycles. The average Bonchev–Trinajstić information content (AvgIpc) is 2.95. The van der Waals surface area contributed by atoms with E-state index in [0.29, 0.717) is 6.61 Å². The lowest BCUT2D eigenvalue weighted by Gasteiger charge is -2.29. The van der Waals surface area contributed by atoms with Crippen LogP contribution in [0.4, 0.5) is 0 Å². The molecule has 20 heavy (non-hydrogen) atoms. The Morgan fingerprint density at radius 1 is 1.10 bits per heavy atom. The number of ether oxygens (including phenoxy) is 1. The SMILES string of the molecule is C[C@@]12COC(c3ccccc3)N1C(=O)c1ccccc12. The second-order valence-corrected chi connectivity index (χ2v) is 5.57. The standard InChI is InChI=1S/C17H15NO2/c1-17-11-20-16(12-7-3-2-4-8-12)18(17)15(19)13-9-5-6-10-14(13)17/h2-10,16H,11H2,1H3/t16?,17-/m0/s1. The van der Waals surface area contributed by atoms with Gasteiger partial charge in [0.2, 0.25) is 0 Å². The van der Waals surface area contributed by atoms with E-state index >= 15 is 0 Å². The smallest absolute Gasteiger partial charge is 0.257 e. The zero-order valence-electron chi connectivity index (χ0n) is 11.2. The van der Waals surface area contributed by atoms with Gasteiger partial charge in [0, 0.05) is 11.1 Å². The van der Waals surface area contributed by atoms with Gasteiger partial charge in [-0.25, -0.2) is 0 Å². The van der Waals surface area contributed by atoms with E-state index < -0.39 is 0 Å². The van der Waals surface area contributed by atoms with Crippen molar-refractivity contribution in [3.63, 3.8) is 0 Å². The van der Waals surface area contributed by atoms with Crippen LogP contribution >= 0.6 is 0 Å². The van der Waals surface area contributed by atoms with Gasteiger partial charge in [0.25, 0.3) is 5.91 Å². The quantitative estimate of drug-likeness (QED) is 0.793. The third kappa shape index (κ3) is 1.36. The second-order valence-electron chi connectivity index (χ2n) is 5.57. The third-order valence-electron chi connectivity index (χ3n) is 4.33. The number of carbonyl (C=O) groups is 1. The molecule has 0 bridgehead atoms. The Balaban J connectivity index is 1.84. The molecule has 0 aromatic heterocycles. The Morgan fingerprint density at radius 3 is 2.60 bits per heavy atom. The zero-order chi connectivity index (χ0) is 13.7. The fourth-order valence-corrected chi connectivity index (χ4v) is 3.31. The van der Waals surface area contributed by atoms with Crippen molar-refractivity contribution < 1.29 is 9.53 Å². The lowest BCUT2D eigenvalue weighted by molar-refractivity contribution is 0.0229. The zero-order valence-corrected chi connectivity index (χ0v) is 11.2. The van der Waals surface area contributed by atoms with Crippen molar-refractivity contribution in [1.29, 1.82) is 0 Å². The summed E-state index contributed by atoms with van der Waals surface area (Å²) < 4.78 is 5.94. The van der Waals surface area contributed by atoms with Gasteiger partial charge in [-0.2, -0.15) is 0 Å². The summed E-state index contributed by atoms with van der Waals surface area (Å²) in [7, 11) is 0. The second kappa shape index (κ2) is 3.93. The topological polar surface area (TPSA) is 29.5 Å². The minimum Gasteiger partial charge on any atom is -0.351 e. The summed E-state index contributed by atoms with van der Waals surface area (Å²) in [6.07, 6.45) is -0.291. The average molecular weight is 265 g/mol. The minimum absolute atomic E-state index is 0.0643. The van der Waals surface area contributed by atoms with Crippen LogP contribution in [0.2, 0.25) is 0 Å². The molecule has 0 saturated carbocycles. The van der Waals surface area contributed by atoms with Crippen LogP contribution < -0.4 is 0 Å². The molecule has 2 atom stereocenters. The molecule has 4 rings (SSSR count). The van der Waals surface area contributed by atoms with E-state index in [2.05, 4.69) is 6.92 Å². The maximum absolute atomic E-state index is 12.7. The highest BCUT2D eigenvalue weighted by molar-refractivity contribution is 6.00. The fraction of sp³-hybridized carbons (Fsp3) is 0.235. The Hall–Kier alpha value is -2.13. The normalized spacial score (nSPS) is 27.6. The van der Waals surface area contributed by atoms with E-state index in [-0.39, 0.29) is 17.7 Å². The van der Waals surface area contributed by atoms with Crippen LogP contribution in [0.15, 0.2) is 54.6 Å². The van der Waals surface area contributed by atoms with Crippen LogP contribution in [0.3, 0.4) is 0 Å². The van der Waals surface area contributed by atoms with Crippen molar-refractivity contribution in [2.75, 3.05) is 6.61 Å². The molecule has 0 radical (unpaired) electrons. The molecule has 2 aromatic carbocycles. The summed E-state index contributed by atoms with van der Waals surface area (Å²) in [5.74, 6) is 0.0643. The van der Waals surface area contributed by atoms with Crippen molar-refractivity contribution in [2.24, 2.45) is 0 Å². The number of hydrogen-bond donors (Lipinski definition) is 0. The van der Waals surface area contributed by atoms with Gasteiger partial charge in [0.15, 0.2) is 6.23 Å². The van der Waals surface area contributed by atoms with Crippen LogP contribution in [0.1, 0.15) is 34.6 Å². The van der Waals surface area contributed by atoms with E-state index in [1.165, 1.54) is 0 Å². The van der Waals surface area contributed by atoms with Gasteiger partial charge in [-0.1, -0.05) is 48.5 Å². The maximum Gasteiger partial charge on any atom is 0.257 e. The van der Waals surface area contributed by atoms with E-state index in [1.54, 1.807) is 0 Å². The summed E-state index contributed by atoms with van der Waals surface area (Å²) in [4.78, 5) is 14.6. The molecule has 100 valence electrons. The first kappa shape index (κ1) is 11.7. The Bertz CT molecular complexity index is 682. The summed E-state index contributed by atoms with van der Waals surface area (Å²) in [5, 5.41) is 0. The number of carbonyl (C=O) groups excluding carboxylic acids is 1. The van der Waals surface area contributed by atoms with Gasteiger partial charge < -0.3 is 4.74 Å². The molecule has 1 amide bonds. The Labute approximate surface area is 117 Å². The van der Waals surface area contributed by atoms with Crippen LogP contribution in [0, 0.1) is 0 Å². The van der Waals surface area contributed by atoms with Gasteiger partial charge in [-0.3, -0.25) is 9.69 Å². The van der Waals surface area contributed by atoms with Crippen LogP contribution in [-0.4, -0.2) is 17.4 Å². The number of rotatable bonds is 1.